The molecule has 1 aromatic rings. The first-order valence-electron chi connectivity index (χ1n) is 9.40. The number of carbonyl (C=O) groups is 1. The second-order valence-electron chi connectivity index (χ2n) is 6.85. The number of nitro groups is 1. The van der Waals surface area contributed by atoms with Gasteiger partial charge in [-0.15, -0.1) is 0 Å². The molecular weight excluding hydrogens is 384 g/mol. The van der Waals surface area contributed by atoms with Crippen molar-refractivity contribution in [3.63, 3.8) is 0 Å². The van der Waals surface area contributed by atoms with Gasteiger partial charge in [-0.05, 0) is 25.0 Å². The Morgan fingerprint density at radius 1 is 1.25 bits per heavy atom. The van der Waals surface area contributed by atoms with E-state index in [9.17, 15) is 23.3 Å². The molecule has 0 aliphatic carbocycles. The number of benzene rings is 1. The predicted octanol–water partition coefficient (Wildman–Crippen LogP) is 2.07. The molecule has 1 aromatic carbocycles. The Bertz CT molecular complexity index is 830. The zero-order valence-corrected chi connectivity index (χ0v) is 17.6. The minimum Gasteiger partial charge on any atom is -0.366 e. The lowest BCUT2D eigenvalue weighted by atomic mass is 10.0. The molecule has 0 saturated carbocycles. The Labute approximate surface area is 166 Å². The third-order valence-electron chi connectivity index (χ3n) is 5.34. The van der Waals surface area contributed by atoms with Crippen molar-refractivity contribution in [3.05, 3.63) is 28.3 Å². The summed E-state index contributed by atoms with van der Waals surface area (Å²) in [6, 6.07) is 4.21. The van der Waals surface area contributed by atoms with Crippen molar-refractivity contribution in [2.45, 2.75) is 44.6 Å². The summed E-state index contributed by atoms with van der Waals surface area (Å²) in [6.07, 6.45) is 1.40. The van der Waals surface area contributed by atoms with Crippen LogP contribution in [0.3, 0.4) is 0 Å². The number of anilines is 1. The van der Waals surface area contributed by atoms with Crippen molar-refractivity contribution in [2.24, 2.45) is 0 Å². The van der Waals surface area contributed by atoms with Gasteiger partial charge in [-0.1, -0.05) is 13.8 Å². The minimum atomic E-state index is -3.77. The molecule has 1 fully saturated rings. The van der Waals surface area contributed by atoms with E-state index in [4.69, 9.17) is 0 Å². The third-order valence-corrected chi connectivity index (χ3v) is 7.38. The van der Waals surface area contributed by atoms with Crippen LogP contribution in [0.25, 0.3) is 0 Å². The fourth-order valence-electron chi connectivity index (χ4n) is 3.54. The van der Waals surface area contributed by atoms with Crippen LogP contribution >= 0.6 is 0 Å². The topological polar surface area (TPSA) is 104 Å². The largest absolute Gasteiger partial charge is 0.366 e. The molecule has 9 nitrogen and oxygen atoms in total. The number of piperidine rings is 1. The number of nitro benzene ring substituents is 1. The molecule has 28 heavy (non-hydrogen) atoms. The first kappa shape index (κ1) is 22.1. The van der Waals surface area contributed by atoms with Crippen molar-refractivity contribution >= 4 is 27.3 Å². The quantitative estimate of drug-likeness (QED) is 0.502. The highest BCUT2D eigenvalue weighted by molar-refractivity contribution is 7.89. The van der Waals surface area contributed by atoms with Gasteiger partial charge in [0.2, 0.25) is 15.9 Å². The van der Waals surface area contributed by atoms with Gasteiger partial charge in [-0.2, -0.15) is 4.31 Å². The van der Waals surface area contributed by atoms with E-state index < -0.39 is 14.9 Å². The van der Waals surface area contributed by atoms with Gasteiger partial charge in [0.05, 0.1) is 9.82 Å². The molecule has 156 valence electrons. The number of amides is 1. The molecule has 1 amide bonds. The molecule has 0 atom stereocenters. The number of carbonyl (C=O) groups excluding carboxylic acids is 1. The van der Waals surface area contributed by atoms with Crippen molar-refractivity contribution in [1.82, 2.24) is 9.21 Å². The third kappa shape index (κ3) is 4.44. The zero-order valence-electron chi connectivity index (χ0n) is 16.8. The van der Waals surface area contributed by atoms with E-state index in [0.717, 1.165) is 6.07 Å². The maximum atomic E-state index is 12.7. The second-order valence-corrected chi connectivity index (χ2v) is 8.78. The van der Waals surface area contributed by atoms with E-state index >= 15 is 0 Å². The van der Waals surface area contributed by atoms with Crippen molar-refractivity contribution in [2.75, 3.05) is 38.1 Å². The Morgan fingerprint density at radius 2 is 1.82 bits per heavy atom. The highest BCUT2D eigenvalue weighted by Crippen LogP contribution is 2.33. The fourth-order valence-corrected chi connectivity index (χ4v) is 5.02. The first-order chi connectivity index (χ1) is 13.1. The molecule has 0 spiro atoms. The van der Waals surface area contributed by atoms with Gasteiger partial charge in [0.25, 0.3) is 5.69 Å². The van der Waals surface area contributed by atoms with Gasteiger partial charge in [-0.3, -0.25) is 14.9 Å². The van der Waals surface area contributed by atoms with Crippen LogP contribution in [0, 0.1) is 10.1 Å². The smallest absolute Gasteiger partial charge is 0.293 e. The van der Waals surface area contributed by atoms with Crippen molar-refractivity contribution in [1.29, 1.82) is 0 Å². The van der Waals surface area contributed by atoms with Crippen LogP contribution in [-0.2, 0) is 14.8 Å². The Balaban J connectivity index is 2.30. The summed E-state index contributed by atoms with van der Waals surface area (Å²) >= 11 is 0. The maximum Gasteiger partial charge on any atom is 0.293 e. The van der Waals surface area contributed by atoms with Gasteiger partial charge in [-0.25, -0.2) is 8.42 Å². The number of hydrogen-bond donors (Lipinski definition) is 0. The number of hydrogen-bond acceptors (Lipinski definition) is 6. The van der Waals surface area contributed by atoms with Gasteiger partial charge >= 0.3 is 0 Å². The summed E-state index contributed by atoms with van der Waals surface area (Å²) in [5, 5.41) is 11.6. The molecule has 10 heteroatoms. The van der Waals surface area contributed by atoms with Crippen LogP contribution in [0.2, 0.25) is 0 Å². The molecule has 1 aliphatic heterocycles. The lowest BCUT2D eigenvalue weighted by molar-refractivity contribution is -0.384. The van der Waals surface area contributed by atoms with Crippen LogP contribution in [0.1, 0.15) is 33.6 Å². The number of sulfonamides is 1. The van der Waals surface area contributed by atoms with E-state index in [-0.39, 0.29) is 22.5 Å². The lowest BCUT2D eigenvalue weighted by Gasteiger charge is -2.37. The minimum absolute atomic E-state index is 0.00427. The molecule has 0 radical (unpaired) electrons. The lowest BCUT2D eigenvalue weighted by Crippen LogP contribution is -2.45. The van der Waals surface area contributed by atoms with Crippen LogP contribution < -0.4 is 4.90 Å². The molecule has 0 aromatic heterocycles. The molecular formula is C18H28N4O5S. The Kier molecular flexibility index (Phi) is 7.00. The standard InChI is InChI=1S/C18H28N4O5S/c1-5-21(6-2)28(26,27)16-7-8-17(18(13-16)22(24)25)20-11-9-15(10-12-20)19(4)14(3)23/h7-8,13,15H,5-6,9-12H2,1-4H3. The zero-order chi connectivity index (χ0) is 21.1. The average Bonchev–Trinajstić information content (AvgIpc) is 2.67. The predicted molar refractivity (Wildman–Crippen MR) is 107 cm³/mol. The first-order valence-corrected chi connectivity index (χ1v) is 10.8. The summed E-state index contributed by atoms with van der Waals surface area (Å²) in [4.78, 5) is 26.1. The molecule has 0 bridgehead atoms. The molecule has 1 saturated heterocycles. The van der Waals surface area contributed by atoms with Crippen molar-refractivity contribution in [3.8, 4) is 0 Å². The van der Waals surface area contributed by atoms with Gasteiger partial charge in [0.15, 0.2) is 0 Å². The number of rotatable bonds is 7. The average molecular weight is 413 g/mol. The molecule has 1 aliphatic rings. The summed E-state index contributed by atoms with van der Waals surface area (Å²) in [5.41, 5.74) is 0.194. The van der Waals surface area contributed by atoms with E-state index in [1.54, 1.807) is 25.8 Å². The number of nitrogens with zero attached hydrogens (tertiary/aromatic N) is 4. The molecule has 1 heterocycles. The molecule has 2 rings (SSSR count). The van der Waals surface area contributed by atoms with Crippen LogP contribution in [-0.4, -0.2) is 67.7 Å². The molecule has 0 N–H and O–H groups in total. The highest BCUT2D eigenvalue weighted by atomic mass is 32.2. The van der Waals surface area contributed by atoms with Crippen LogP contribution in [0.5, 0.6) is 0 Å². The summed E-state index contributed by atoms with van der Waals surface area (Å²) < 4.78 is 26.7. The SMILES string of the molecule is CCN(CC)S(=O)(=O)c1ccc(N2CCC(N(C)C(C)=O)CC2)c([N+](=O)[O-])c1. The monoisotopic (exact) mass is 412 g/mol. The summed E-state index contributed by atoms with van der Waals surface area (Å²) in [6.45, 7) is 6.69. The highest BCUT2D eigenvalue weighted by Gasteiger charge is 2.30. The normalized spacial score (nSPS) is 15.7. The Hall–Kier alpha value is -2.20. The van der Waals surface area contributed by atoms with Gasteiger partial charge in [0, 0.05) is 52.3 Å². The van der Waals surface area contributed by atoms with Crippen LogP contribution in [0.15, 0.2) is 23.1 Å². The Morgan fingerprint density at radius 3 is 2.29 bits per heavy atom. The van der Waals surface area contributed by atoms with E-state index in [1.165, 1.54) is 23.4 Å². The van der Waals surface area contributed by atoms with Gasteiger partial charge in [0.1, 0.15) is 5.69 Å². The van der Waals surface area contributed by atoms with Crippen LogP contribution in [0.4, 0.5) is 11.4 Å². The second kappa shape index (κ2) is 8.87. The summed E-state index contributed by atoms with van der Waals surface area (Å²) in [7, 11) is -2.01. The van der Waals surface area contributed by atoms with E-state index in [2.05, 4.69) is 0 Å². The van der Waals surface area contributed by atoms with E-state index in [0.29, 0.717) is 44.7 Å². The fraction of sp³-hybridized carbons (Fsp3) is 0.611. The summed E-state index contributed by atoms with van der Waals surface area (Å²) in [5.74, 6) is -0.00427. The molecule has 0 unspecified atom stereocenters. The maximum absolute atomic E-state index is 12.7. The van der Waals surface area contributed by atoms with E-state index in [1.807, 2.05) is 4.90 Å². The van der Waals surface area contributed by atoms with Crippen molar-refractivity contribution < 1.29 is 18.1 Å². The van der Waals surface area contributed by atoms with Gasteiger partial charge < -0.3 is 9.80 Å².